The van der Waals surface area contributed by atoms with Gasteiger partial charge in [-0.3, -0.25) is 0 Å². The third kappa shape index (κ3) is 3.65. The van der Waals surface area contributed by atoms with E-state index in [1.165, 1.54) is 38.8 Å². The standard InChI is InChI=1S/C11H22N2/c1-9(12)6-13(7-10-2-3-10)8-11-4-5-11/h9-11H,2-8,12H2,1H3. The van der Waals surface area contributed by atoms with Crippen molar-refractivity contribution in [2.45, 2.75) is 38.6 Å². The molecule has 0 aromatic heterocycles. The molecule has 0 aliphatic heterocycles. The minimum atomic E-state index is 0.345. The molecule has 0 heterocycles. The first-order valence-electron chi connectivity index (χ1n) is 5.72. The second kappa shape index (κ2) is 3.97. The molecule has 0 aromatic rings. The highest BCUT2D eigenvalue weighted by atomic mass is 15.1. The largest absolute Gasteiger partial charge is 0.327 e. The van der Waals surface area contributed by atoms with Crippen LogP contribution in [0.4, 0.5) is 0 Å². The molecule has 0 spiro atoms. The fourth-order valence-electron chi connectivity index (χ4n) is 1.96. The molecule has 2 saturated carbocycles. The van der Waals surface area contributed by atoms with Gasteiger partial charge < -0.3 is 10.6 Å². The van der Waals surface area contributed by atoms with Gasteiger partial charge in [-0.15, -0.1) is 0 Å². The van der Waals surface area contributed by atoms with E-state index in [2.05, 4.69) is 11.8 Å². The maximum atomic E-state index is 5.84. The van der Waals surface area contributed by atoms with Crippen LogP contribution in [0.2, 0.25) is 0 Å². The van der Waals surface area contributed by atoms with Crippen molar-refractivity contribution in [3.8, 4) is 0 Å². The molecule has 2 heteroatoms. The van der Waals surface area contributed by atoms with Gasteiger partial charge in [-0.1, -0.05) is 0 Å². The molecule has 0 amide bonds. The minimum absolute atomic E-state index is 0.345. The van der Waals surface area contributed by atoms with Crippen LogP contribution in [0.25, 0.3) is 0 Å². The zero-order valence-electron chi connectivity index (χ0n) is 8.71. The summed E-state index contributed by atoms with van der Waals surface area (Å²) >= 11 is 0. The van der Waals surface area contributed by atoms with Gasteiger partial charge in [0.25, 0.3) is 0 Å². The number of rotatable bonds is 6. The van der Waals surface area contributed by atoms with Crippen LogP contribution >= 0.6 is 0 Å². The Morgan fingerprint density at radius 3 is 1.92 bits per heavy atom. The third-order valence-electron chi connectivity index (χ3n) is 2.97. The maximum Gasteiger partial charge on any atom is 0.0139 e. The highest BCUT2D eigenvalue weighted by Gasteiger charge is 2.29. The molecular formula is C11H22N2. The van der Waals surface area contributed by atoms with Crippen LogP contribution in [-0.2, 0) is 0 Å². The summed E-state index contributed by atoms with van der Waals surface area (Å²) in [5.74, 6) is 2.02. The Bertz CT molecular complexity index is 140. The molecule has 0 saturated heterocycles. The lowest BCUT2D eigenvalue weighted by Gasteiger charge is -2.23. The minimum Gasteiger partial charge on any atom is -0.327 e. The Morgan fingerprint density at radius 1 is 1.15 bits per heavy atom. The molecule has 0 aromatic carbocycles. The summed E-state index contributed by atoms with van der Waals surface area (Å²) in [5.41, 5.74) is 5.84. The van der Waals surface area contributed by atoms with Gasteiger partial charge in [-0.25, -0.2) is 0 Å². The monoisotopic (exact) mass is 182 g/mol. The van der Waals surface area contributed by atoms with E-state index in [0.717, 1.165) is 18.4 Å². The molecule has 0 bridgehead atoms. The Labute approximate surface area is 81.5 Å². The summed E-state index contributed by atoms with van der Waals surface area (Å²) < 4.78 is 0. The summed E-state index contributed by atoms with van der Waals surface area (Å²) in [6.07, 6.45) is 5.83. The zero-order chi connectivity index (χ0) is 9.26. The van der Waals surface area contributed by atoms with Gasteiger partial charge in [0.1, 0.15) is 0 Å². The van der Waals surface area contributed by atoms with Crippen molar-refractivity contribution < 1.29 is 0 Å². The Kier molecular flexibility index (Phi) is 2.89. The highest BCUT2D eigenvalue weighted by Crippen LogP contribution is 2.33. The molecule has 1 unspecified atom stereocenters. The lowest BCUT2D eigenvalue weighted by molar-refractivity contribution is 0.241. The molecule has 1 atom stereocenters. The lowest BCUT2D eigenvalue weighted by atomic mass is 10.2. The quantitative estimate of drug-likeness (QED) is 0.674. The Hall–Kier alpha value is -0.0800. The molecule has 2 aliphatic rings. The Morgan fingerprint density at radius 2 is 1.62 bits per heavy atom. The second-order valence-electron chi connectivity index (χ2n) is 5.08. The average Bonchev–Trinajstić information content (AvgIpc) is 2.79. The number of hydrogen-bond acceptors (Lipinski definition) is 2. The normalized spacial score (nSPS) is 25.2. The van der Waals surface area contributed by atoms with Crippen molar-refractivity contribution in [3.05, 3.63) is 0 Å². The predicted octanol–water partition coefficient (Wildman–Crippen LogP) is 1.46. The zero-order valence-corrected chi connectivity index (χ0v) is 8.71. The summed E-state index contributed by atoms with van der Waals surface area (Å²) in [5, 5.41) is 0. The van der Waals surface area contributed by atoms with E-state index >= 15 is 0 Å². The van der Waals surface area contributed by atoms with Crippen molar-refractivity contribution in [1.29, 1.82) is 0 Å². The van der Waals surface area contributed by atoms with E-state index in [0.29, 0.717) is 6.04 Å². The van der Waals surface area contributed by atoms with Crippen LogP contribution in [0.1, 0.15) is 32.6 Å². The predicted molar refractivity (Wildman–Crippen MR) is 55.5 cm³/mol. The first kappa shape index (κ1) is 9.47. The van der Waals surface area contributed by atoms with Crippen LogP contribution in [0.3, 0.4) is 0 Å². The fourth-order valence-corrected chi connectivity index (χ4v) is 1.96. The van der Waals surface area contributed by atoms with Gasteiger partial charge in [-0.05, 0) is 44.4 Å². The van der Waals surface area contributed by atoms with Gasteiger partial charge >= 0.3 is 0 Å². The van der Waals surface area contributed by atoms with E-state index in [-0.39, 0.29) is 0 Å². The van der Waals surface area contributed by atoms with Crippen molar-refractivity contribution in [2.24, 2.45) is 17.6 Å². The van der Waals surface area contributed by atoms with Crippen LogP contribution in [0.5, 0.6) is 0 Å². The van der Waals surface area contributed by atoms with Gasteiger partial charge in [0, 0.05) is 25.7 Å². The SMILES string of the molecule is CC(N)CN(CC1CC1)CC1CC1. The molecular weight excluding hydrogens is 160 g/mol. The van der Waals surface area contributed by atoms with Crippen molar-refractivity contribution in [1.82, 2.24) is 4.90 Å². The van der Waals surface area contributed by atoms with Gasteiger partial charge in [0.15, 0.2) is 0 Å². The van der Waals surface area contributed by atoms with Crippen molar-refractivity contribution in [2.75, 3.05) is 19.6 Å². The summed E-state index contributed by atoms with van der Waals surface area (Å²) in [4.78, 5) is 2.60. The van der Waals surface area contributed by atoms with Crippen LogP contribution < -0.4 is 5.73 Å². The fraction of sp³-hybridized carbons (Fsp3) is 1.00. The molecule has 2 rings (SSSR count). The second-order valence-corrected chi connectivity index (χ2v) is 5.08. The number of nitrogens with zero attached hydrogens (tertiary/aromatic N) is 1. The maximum absolute atomic E-state index is 5.84. The first-order chi connectivity index (χ1) is 6.24. The van der Waals surface area contributed by atoms with Crippen molar-refractivity contribution in [3.63, 3.8) is 0 Å². The van der Waals surface area contributed by atoms with Gasteiger partial charge in [0.2, 0.25) is 0 Å². The molecule has 2 fully saturated rings. The van der Waals surface area contributed by atoms with E-state index in [4.69, 9.17) is 5.73 Å². The van der Waals surface area contributed by atoms with Crippen LogP contribution in [0, 0.1) is 11.8 Å². The molecule has 2 aliphatic carbocycles. The molecule has 0 radical (unpaired) electrons. The number of nitrogens with two attached hydrogens (primary N) is 1. The smallest absolute Gasteiger partial charge is 0.0139 e. The third-order valence-corrected chi connectivity index (χ3v) is 2.97. The van der Waals surface area contributed by atoms with Crippen LogP contribution in [0.15, 0.2) is 0 Å². The van der Waals surface area contributed by atoms with Gasteiger partial charge in [-0.2, -0.15) is 0 Å². The van der Waals surface area contributed by atoms with Crippen molar-refractivity contribution >= 4 is 0 Å². The Balaban J connectivity index is 1.70. The average molecular weight is 182 g/mol. The molecule has 13 heavy (non-hydrogen) atoms. The summed E-state index contributed by atoms with van der Waals surface area (Å²) in [6.45, 7) is 5.86. The van der Waals surface area contributed by atoms with E-state index < -0.39 is 0 Å². The number of hydrogen-bond donors (Lipinski definition) is 1. The topological polar surface area (TPSA) is 29.3 Å². The van der Waals surface area contributed by atoms with E-state index in [1.54, 1.807) is 0 Å². The summed E-state index contributed by atoms with van der Waals surface area (Å²) in [6, 6.07) is 0.345. The van der Waals surface area contributed by atoms with Crippen LogP contribution in [-0.4, -0.2) is 30.6 Å². The first-order valence-corrected chi connectivity index (χ1v) is 5.72. The van der Waals surface area contributed by atoms with Gasteiger partial charge in [0.05, 0.1) is 0 Å². The molecule has 2 N–H and O–H groups in total. The van der Waals surface area contributed by atoms with E-state index in [1.807, 2.05) is 0 Å². The molecule has 2 nitrogen and oxygen atoms in total. The highest BCUT2D eigenvalue weighted by molar-refractivity contribution is 4.83. The van der Waals surface area contributed by atoms with E-state index in [9.17, 15) is 0 Å². The molecule has 76 valence electrons. The summed E-state index contributed by atoms with van der Waals surface area (Å²) in [7, 11) is 0. The lowest BCUT2D eigenvalue weighted by Crippen LogP contribution is -2.38.